The second-order valence-electron chi connectivity index (χ2n) is 9.83. The van der Waals surface area contributed by atoms with Gasteiger partial charge in [0.1, 0.15) is 6.17 Å². The van der Waals surface area contributed by atoms with Crippen LogP contribution in [0.15, 0.2) is 77.2 Å². The maximum atomic E-state index is 13.3. The zero-order valence-electron chi connectivity index (χ0n) is 26.6. The number of anilines is 1. The number of pyridine rings is 2. The smallest absolute Gasteiger partial charge is 0.258 e. The van der Waals surface area contributed by atoms with Gasteiger partial charge in [0.05, 0.1) is 18.0 Å². The van der Waals surface area contributed by atoms with Gasteiger partial charge >= 0.3 is 0 Å². The van der Waals surface area contributed by atoms with Gasteiger partial charge in [0.2, 0.25) is 5.90 Å². The highest BCUT2D eigenvalue weighted by Gasteiger charge is 2.12. The number of hydrogen-bond donors (Lipinski definition) is 1. The van der Waals surface area contributed by atoms with Crippen LogP contribution < -0.4 is 21.4 Å². The molecule has 220 valence electrons. The number of hydrogen-bond acceptors (Lipinski definition) is 5. The molecule has 0 amide bonds. The van der Waals surface area contributed by atoms with Crippen molar-refractivity contribution in [1.29, 1.82) is 0 Å². The van der Waals surface area contributed by atoms with Crippen molar-refractivity contribution < 1.29 is 4.74 Å². The number of ether oxygens (including phenoxy) is 1. The molecule has 0 aliphatic rings. The average Bonchev–Trinajstić information content (AvgIpc) is 2.92. The molecular weight excluding hydrogens is 508 g/mol. The van der Waals surface area contributed by atoms with Crippen LogP contribution in [0.5, 0.6) is 0 Å². The third kappa shape index (κ3) is 10.4. The second kappa shape index (κ2) is 17.5. The van der Waals surface area contributed by atoms with Crippen molar-refractivity contribution in [3.63, 3.8) is 0 Å². The van der Waals surface area contributed by atoms with Crippen LogP contribution in [0.25, 0.3) is 23.3 Å². The van der Waals surface area contributed by atoms with Crippen molar-refractivity contribution in [2.24, 2.45) is 12.0 Å². The predicted octanol–water partition coefficient (Wildman–Crippen LogP) is 6.68. The lowest BCUT2D eigenvalue weighted by atomic mass is 10.00. The molecule has 1 N–H and O–H groups in total. The maximum absolute atomic E-state index is 13.3. The number of aryl methyl sites for hydroxylation is 2. The molecule has 0 fully saturated rings. The molecule has 2 aromatic heterocycles. The molecule has 0 bridgehead atoms. The molecule has 6 heteroatoms. The van der Waals surface area contributed by atoms with E-state index in [1.807, 2.05) is 90.1 Å². The number of benzene rings is 1. The molecule has 0 radical (unpaired) electrons. The first-order valence-corrected chi connectivity index (χ1v) is 14.0. The molecule has 1 unspecified atom stereocenters. The summed E-state index contributed by atoms with van der Waals surface area (Å²) >= 11 is 0. The summed E-state index contributed by atoms with van der Waals surface area (Å²) in [5, 5.41) is 5.24. The van der Waals surface area contributed by atoms with Crippen LogP contribution in [0.1, 0.15) is 64.8 Å². The van der Waals surface area contributed by atoms with Crippen molar-refractivity contribution in [1.82, 2.24) is 9.55 Å². The molecule has 1 aromatic carbocycles. The normalized spacial score (nSPS) is 12.4. The van der Waals surface area contributed by atoms with Crippen molar-refractivity contribution in [2.45, 2.75) is 68.0 Å². The Morgan fingerprint density at radius 2 is 1.78 bits per heavy atom. The molecule has 0 saturated heterocycles. The highest BCUT2D eigenvalue weighted by molar-refractivity contribution is 5.94. The van der Waals surface area contributed by atoms with Gasteiger partial charge in [-0.3, -0.25) is 9.78 Å². The molecule has 6 nitrogen and oxygen atoms in total. The lowest BCUT2D eigenvalue weighted by Gasteiger charge is -2.16. The predicted molar refractivity (Wildman–Crippen MR) is 178 cm³/mol. The summed E-state index contributed by atoms with van der Waals surface area (Å²) in [4.78, 5) is 22.3. The fourth-order valence-corrected chi connectivity index (χ4v) is 3.90. The quantitative estimate of drug-likeness (QED) is 0.209. The molecule has 2 heterocycles. The summed E-state index contributed by atoms with van der Waals surface area (Å²) in [5.41, 5.74) is 6.00. The Bertz CT molecular complexity index is 1510. The number of methoxy groups -OCH3 is 1. The van der Waals surface area contributed by atoms with E-state index < -0.39 is 0 Å². The number of aliphatic imine (C=N–C) groups is 1. The Labute approximate surface area is 246 Å². The van der Waals surface area contributed by atoms with Gasteiger partial charge in [0.25, 0.3) is 5.56 Å². The minimum atomic E-state index is -0.267. The van der Waals surface area contributed by atoms with Gasteiger partial charge in [0.15, 0.2) is 0 Å². The standard InChI is InChI=1S/C29H34N4O2.C3H8.C3H6/c1-9-22-15-26(29(34)33(7)27(22)14-18(2)3)25-16-24(13-10-19(25)4)31-21(6)32-28(35-8)23-12-11-20(5)30-17-23;2*1-3-2/h9-17,21,31H,2H2,1,3-8H3;3H2,1-2H3;3H,1H2,2H3/b22-9-,27-14+,32-28-;;. The molecule has 1 atom stereocenters. The van der Waals surface area contributed by atoms with E-state index in [0.717, 1.165) is 44.2 Å². The van der Waals surface area contributed by atoms with E-state index in [4.69, 9.17) is 4.74 Å². The summed E-state index contributed by atoms with van der Waals surface area (Å²) in [5.74, 6) is 0.506. The first-order chi connectivity index (χ1) is 19.5. The molecule has 3 aromatic rings. The topological polar surface area (TPSA) is 68.5 Å². The lowest BCUT2D eigenvalue weighted by molar-refractivity contribution is 0.400. The van der Waals surface area contributed by atoms with Gasteiger partial charge < -0.3 is 14.6 Å². The van der Waals surface area contributed by atoms with Gasteiger partial charge in [0, 0.05) is 30.2 Å². The molecule has 0 aliphatic carbocycles. The zero-order valence-corrected chi connectivity index (χ0v) is 26.6. The van der Waals surface area contributed by atoms with Gasteiger partial charge in [-0.1, -0.05) is 50.6 Å². The number of aromatic nitrogens is 2. The second-order valence-corrected chi connectivity index (χ2v) is 9.83. The minimum Gasteiger partial charge on any atom is -0.481 e. The van der Waals surface area contributed by atoms with Crippen LogP contribution in [0.2, 0.25) is 0 Å². The highest BCUT2D eigenvalue weighted by Crippen LogP contribution is 2.24. The Balaban J connectivity index is 0.00000129. The van der Waals surface area contributed by atoms with Gasteiger partial charge in [-0.25, -0.2) is 4.99 Å². The van der Waals surface area contributed by atoms with Crippen molar-refractivity contribution >= 4 is 23.7 Å². The van der Waals surface area contributed by atoms with E-state index in [9.17, 15) is 4.79 Å². The Morgan fingerprint density at radius 1 is 1.15 bits per heavy atom. The Morgan fingerprint density at radius 3 is 2.29 bits per heavy atom. The summed E-state index contributed by atoms with van der Waals surface area (Å²) < 4.78 is 7.19. The summed E-state index contributed by atoms with van der Waals surface area (Å²) in [6, 6.07) is 11.8. The molecule has 3 rings (SSSR count). The van der Waals surface area contributed by atoms with Gasteiger partial charge in [-0.05, 0) is 94.3 Å². The van der Waals surface area contributed by atoms with Crippen LogP contribution in [-0.4, -0.2) is 28.7 Å². The molecular formula is C35H48N4O2. The van der Waals surface area contributed by atoms with Crippen molar-refractivity contribution in [3.05, 3.63) is 105 Å². The molecule has 0 saturated carbocycles. The highest BCUT2D eigenvalue weighted by atomic mass is 16.5. The number of nitrogens with one attached hydrogen (secondary N) is 1. The van der Waals surface area contributed by atoms with Crippen LogP contribution >= 0.6 is 0 Å². The third-order valence-electron chi connectivity index (χ3n) is 5.75. The summed E-state index contributed by atoms with van der Waals surface area (Å²) in [7, 11) is 3.40. The molecule has 0 aliphatic heterocycles. The molecule has 0 spiro atoms. The van der Waals surface area contributed by atoms with E-state index >= 15 is 0 Å². The average molecular weight is 557 g/mol. The van der Waals surface area contributed by atoms with Crippen LogP contribution in [0.4, 0.5) is 5.69 Å². The first kappa shape index (κ1) is 34.8. The summed E-state index contributed by atoms with van der Waals surface area (Å²) in [6.45, 7) is 23.3. The van der Waals surface area contributed by atoms with Crippen LogP contribution in [0.3, 0.4) is 0 Å². The number of nitrogens with zero attached hydrogens (tertiary/aromatic N) is 3. The van der Waals surface area contributed by atoms with Crippen LogP contribution in [-0.2, 0) is 11.8 Å². The maximum Gasteiger partial charge on any atom is 0.258 e. The molecule has 41 heavy (non-hydrogen) atoms. The van der Waals surface area contributed by atoms with E-state index in [2.05, 4.69) is 42.3 Å². The zero-order chi connectivity index (χ0) is 31.1. The largest absolute Gasteiger partial charge is 0.481 e. The Kier molecular flexibility index (Phi) is 14.9. The van der Waals surface area contributed by atoms with Crippen molar-refractivity contribution in [3.8, 4) is 11.1 Å². The number of allylic oxidation sites excluding steroid dienone is 2. The lowest BCUT2D eigenvalue weighted by Crippen LogP contribution is -2.42. The van der Waals surface area contributed by atoms with Crippen LogP contribution in [0, 0.1) is 13.8 Å². The third-order valence-corrected chi connectivity index (χ3v) is 5.75. The number of rotatable bonds is 6. The van der Waals surface area contributed by atoms with E-state index in [1.54, 1.807) is 31.0 Å². The van der Waals surface area contributed by atoms with E-state index in [0.29, 0.717) is 11.5 Å². The van der Waals surface area contributed by atoms with E-state index in [1.165, 1.54) is 6.42 Å². The monoisotopic (exact) mass is 556 g/mol. The van der Waals surface area contributed by atoms with Gasteiger partial charge in [-0.2, -0.15) is 0 Å². The summed E-state index contributed by atoms with van der Waals surface area (Å²) in [6.07, 6.45) is 8.43. The minimum absolute atomic E-state index is 0.0528. The van der Waals surface area contributed by atoms with Crippen molar-refractivity contribution in [2.75, 3.05) is 12.4 Å². The SMILES string of the molecule is C=C(C)/C=c1\c(=C/C)cc(-c2cc(NC(C)/N=C(\OC)c3ccc(C)nc3)ccc2C)c(=O)n1C.C=CC.CCC. The Hall–Kier alpha value is -4.19. The van der Waals surface area contributed by atoms with E-state index in [-0.39, 0.29) is 11.7 Å². The fraction of sp³-hybridized carbons (Fsp3) is 0.343. The first-order valence-electron chi connectivity index (χ1n) is 14.0. The van der Waals surface area contributed by atoms with Gasteiger partial charge in [-0.15, -0.1) is 6.58 Å². The fourth-order valence-electron chi connectivity index (χ4n) is 3.90.